The van der Waals surface area contributed by atoms with E-state index in [1.807, 2.05) is 17.5 Å². The van der Waals surface area contributed by atoms with Gasteiger partial charge in [0.15, 0.2) is 0 Å². The third-order valence-corrected chi connectivity index (χ3v) is 6.40. The van der Waals surface area contributed by atoms with Gasteiger partial charge in [0, 0.05) is 27.7 Å². The monoisotopic (exact) mass is 400 g/mol. The lowest BCUT2D eigenvalue weighted by Gasteiger charge is -2.24. The third-order valence-electron chi connectivity index (χ3n) is 5.37. The van der Waals surface area contributed by atoms with Crippen LogP contribution in [0.25, 0.3) is 27.5 Å². The Bertz CT molecular complexity index is 1120. The Balaban J connectivity index is 2.04. The second kappa shape index (κ2) is 8.00. The quantitative estimate of drug-likeness (QED) is 0.334. The van der Waals surface area contributed by atoms with E-state index in [0.717, 1.165) is 11.4 Å². The third kappa shape index (κ3) is 3.67. The molecular formula is C26H28N2S. The lowest BCUT2D eigenvalue weighted by atomic mass is 9.88. The molecule has 0 fully saturated rings. The highest BCUT2D eigenvalue weighted by atomic mass is 32.1. The van der Waals surface area contributed by atoms with E-state index in [1.165, 1.54) is 32.1 Å². The fourth-order valence-corrected chi connectivity index (χ4v) is 4.93. The number of hydrogen-bond acceptors (Lipinski definition) is 2. The van der Waals surface area contributed by atoms with Crippen molar-refractivity contribution in [3.63, 3.8) is 0 Å². The molecule has 0 saturated carbocycles. The first-order valence-electron chi connectivity index (χ1n) is 10.3. The van der Waals surface area contributed by atoms with Gasteiger partial charge in [-0.3, -0.25) is 4.57 Å². The Kier molecular flexibility index (Phi) is 5.42. The second-order valence-electron chi connectivity index (χ2n) is 8.17. The van der Waals surface area contributed by atoms with Gasteiger partial charge in [0.2, 0.25) is 0 Å². The van der Waals surface area contributed by atoms with E-state index < -0.39 is 0 Å². The largest absolute Gasteiger partial charge is 0.299 e. The molecule has 29 heavy (non-hydrogen) atoms. The molecule has 0 amide bonds. The number of hydrogen-bond donors (Lipinski definition) is 0. The standard InChI is InChI=1S/C26H28N2S/c1-17(2)21-12-13-22(23-14-11-19(5)29-23)24(18(3)4)25(21)28-16-15-27-26(28)20-9-7-6-8-10-20/h6-18H,1-5H3. The second-order valence-corrected chi connectivity index (χ2v) is 9.46. The summed E-state index contributed by atoms with van der Waals surface area (Å²) in [5.74, 6) is 1.81. The fraction of sp³-hybridized carbons (Fsp3) is 0.269. The van der Waals surface area contributed by atoms with Crippen LogP contribution in [0.15, 0.2) is 67.0 Å². The highest BCUT2D eigenvalue weighted by molar-refractivity contribution is 7.15. The van der Waals surface area contributed by atoms with Gasteiger partial charge in [0.25, 0.3) is 0 Å². The molecule has 0 bridgehead atoms. The number of aromatic nitrogens is 2. The predicted molar refractivity (Wildman–Crippen MR) is 125 cm³/mol. The van der Waals surface area contributed by atoms with Crippen LogP contribution in [0.2, 0.25) is 0 Å². The highest BCUT2D eigenvalue weighted by Gasteiger charge is 2.22. The summed E-state index contributed by atoms with van der Waals surface area (Å²) in [7, 11) is 0. The van der Waals surface area contributed by atoms with Crippen LogP contribution < -0.4 is 0 Å². The van der Waals surface area contributed by atoms with Crippen molar-refractivity contribution >= 4 is 11.3 Å². The molecule has 0 aliphatic carbocycles. The molecule has 0 atom stereocenters. The Labute approximate surface area is 177 Å². The Hall–Kier alpha value is -2.65. The summed E-state index contributed by atoms with van der Waals surface area (Å²) in [4.78, 5) is 7.42. The van der Waals surface area contributed by atoms with Crippen LogP contribution >= 0.6 is 11.3 Å². The van der Waals surface area contributed by atoms with Gasteiger partial charge < -0.3 is 0 Å². The first-order valence-corrected chi connectivity index (χ1v) is 11.1. The van der Waals surface area contributed by atoms with Gasteiger partial charge >= 0.3 is 0 Å². The molecule has 3 heteroatoms. The first kappa shape index (κ1) is 19.7. The smallest absolute Gasteiger partial charge is 0.144 e. The summed E-state index contributed by atoms with van der Waals surface area (Å²) in [5, 5.41) is 0. The molecule has 2 nitrogen and oxygen atoms in total. The molecule has 0 aliphatic rings. The maximum Gasteiger partial charge on any atom is 0.144 e. The summed E-state index contributed by atoms with van der Waals surface area (Å²) in [6.45, 7) is 11.3. The summed E-state index contributed by atoms with van der Waals surface area (Å²) in [6.07, 6.45) is 4.03. The molecule has 0 radical (unpaired) electrons. The van der Waals surface area contributed by atoms with E-state index in [4.69, 9.17) is 4.98 Å². The minimum Gasteiger partial charge on any atom is -0.299 e. The Morgan fingerprint density at radius 1 is 0.862 bits per heavy atom. The number of aryl methyl sites for hydroxylation is 1. The van der Waals surface area contributed by atoms with Crippen LogP contribution in [0.4, 0.5) is 0 Å². The van der Waals surface area contributed by atoms with Crippen molar-refractivity contribution in [3.05, 3.63) is 83.0 Å². The molecule has 4 rings (SSSR count). The SMILES string of the molecule is Cc1ccc(-c2ccc(C(C)C)c(-n3ccnc3-c3ccccc3)c2C(C)C)s1. The summed E-state index contributed by atoms with van der Waals surface area (Å²) < 4.78 is 2.30. The van der Waals surface area contributed by atoms with Crippen molar-refractivity contribution in [2.45, 2.75) is 46.5 Å². The van der Waals surface area contributed by atoms with Crippen molar-refractivity contribution in [3.8, 4) is 27.5 Å². The van der Waals surface area contributed by atoms with Crippen molar-refractivity contribution < 1.29 is 0 Å². The van der Waals surface area contributed by atoms with Gasteiger partial charge in [-0.05, 0) is 47.6 Å². The molecule has 0 spiro atoms. The van der Waals surface area contributed by atoms with Crippen LogP contribution in [0, 0.1) is 6.92 Å². The number of rotatable bonds is 5. The van der Waals surface area contributed by atoms with Crippen molar-refractivity contribution in [2.75, 3.05) is 0 Å². The average Bonchev–Trinajstić information content (AvgIpc) is 3.36. The molecular weight excluding hydrogens is 372 g/mol. The number of benzene rings is 2. The number of nitrogens with zero attached hydrogens (tertiary/aromatic N) is 2. The fourth-order valence-electron chi connectivity index (χ4n) is 4.02. The molecule has 0 unspecified atom stereocenters. The molecule has 148 valence electrons. The summed E-state index contributed by atoms with van der Waals surface area (Å²) >= 11 is 1.87. The van der Waals surface area contributed by atoms with Crippen molar-refractivity contribution in [2.24, 2.45) is 0 Å². The number of imidazole rings is 1. The van der Waals surface area contributed by atoms with Gasteiger partial charge in [-0.2, -0.15) is 0 Å². The normalized spacial score (nSPS) is 11.6. The Morgan fingerprint density at radius 2 is 1.62 bits per heavy atom. The first-order chi connectivity index (χ1) is 14.0. The molecule has 2 aromatic carbocycles. The summed E-state index contributed by atoms with van der Waals surface area (Å²) in [5.41, 5.74) is 6.52. The minimum absolute atomic E-state index is 0.395. The van der Waals surface area contributed by atoms with E-state index in [9.17, 15) is 0 Å². The molecule has 0 saturated heterocycles. The average molecular weight is 401 g/mol. The van der Waals surface area contributed by atoms with Gasteiger partial charge in [0.05, 0.1) is 5.69 Å². The van der Waals surface area contributed by atoms with Gasteiger partial charge in [-0.1, -0.05) is 70.2 Å². The maximum atomic E-state index is 4.74. The van der Waals surface area contributed by atoms with E-state index in [2.05, 4.69) is 100.0 Å². The van der Waals surface area contributed by atoms with Gasteiger partial charge in [-0.25, -0.2) is 4.98 Å². The van der Waals surface area contributed by atoms with Crippen LogP contribution in [0.1, 0.15) is 55.5 Å². The molecule has 4 aromatic rings. The highest BCUT2D eigenvalue weighted by Crippen LogP contribution is 2.41. The van der Waals surface area contributed by atoms with Crippen molar-refractivity contribution in [1.29, 1.82) is 0 Å². The van der Waals surface area contributed by atoms with Crippen LogP contribution in [0.5, 0.6) is 0 Å². The van der Waals surface area contributed by atoms with E-state index in [0.29, 0.717) is 11.8 Å². The molecule has 2 aromatic heterocycles. The van der Waals surface area contributed by atoms with Gasteiger partial charge in [0.1, 0.15) is 5.82 Å². The van der Waals surface area contributed by atoms with Crippen LogP contribution in [-0.4, -0.2) is 9.55 Å². The lowest BCUT2D eigenvalue weighted by Crippen LogP contribution is -2.09. The van der Waals surface area contributed by atoms with Crippen LogP contribution in [0.3, 0.4) is 0 Å². The molecule has 2 heterocycles. The van der Waals surface area contributed by atoms with Crippen LogP contribution in [-0.2, 0) is 0 Å². The van der Waals surface area contributed by atoms with E-state index >= 15 is 0 Å². The minimum atomic E-state index is 0.395. The zero-order valence-corrected chi connectivity index (χ0v) is 18.6. The van der Waals surface area contributed by atoms with E-state index in [1.54, 1.807) is 0 Å². The zero-order chi connectivity index (χ0) is 20.5. The van der Waals surface area contributed by atoms with E-state index in [-0.39, 0.29) is 0 Å². The number of thiophene rings is 1. The molecule has 0 N–H and O–H groups in total. The lowest BCUT2D eigenvalue weighted by molar-refractivity contribution is 0.808. The maximum absolute atomic E-state index is 4.74. The van der Waals surface area contributed by atoms with Gasteiger partial charge in [-0.15, -0.1) is 11.3 Å². The topological polar surface area (TPSA) is 17.8 Å². The summed E-state index contributed by atoms with van der Waals surface area (Å²) in [6, 6.07) is 19.6. The van der Waals surface area contributed by atoms with Crippen molar-refractivity contribution in [1.82, 2.24) is 9.55 Å². The predicted octanol–water partition coefficient (Wildman–Crippen LogP) is 7.82. The zero-order valence-electron chi connectivity index (χ0n) is 17.8. The Morgan fingerprint density at radius 3 is 2.24 bits per heavy atom. The molecule has 0 aliphatic heterocycles.